The molecule has 60 heavy (non-hydrogen) atoms. The van der Waals surface area contributed by atoms with Gasteiger partial charge in [0.05, 0.1) is 16.5 Å². The summed E-state index contributed by atoms with van der Waals surface area (Å²) >= 11 is 0. The van der Waals surface area contributed by atoms with E-state index in [1.165, 1.54) is 10.8 Å². The smallest absolute Gasteiger partial charge is 0.0645 e. The molecule has 0 unspecified atom stereocenters. The van der Waals surface area contributed by atoms with Crippen molar-refractivity contribution in [2.75, 3.05) is 4.90 Å². The van der Waals surface area contributed by atoms with Crippen molar-refractivity contribution in [1.29, 1.82) is 0 Å². The Morgan fingerprint density at radius 1 is 0.333 bits per heavy atom. The number of anilines is 3. The fourth-order valence-electron chi connectivity index (χ4n) is 8.53. The van der Waals surface area contributed by atoms with Crippen LogP contribution in [0.2, 0.25) is 0 Å². The summed E-state index contributed by atoms with van der Waals surface area (Å²) in [6.07, 6.45) is 0. The van der Waals surface area contributed by atoms with Gasteiger partial charge in [-0.1, -0.05) is 182 Å². The third-order valence-corrected chi connectivity index (χ3v) is 11.5. The maximum Gasteiger partial charge on any atom is 0.0645 e. The SMILES string of the molecule is [2H]c1c([2H])c(N(c2ccc(-c3ccccc3)cc2)c2cccc(-c3cccc4c3c3ccccc3n4-c3ccc4ccccc4c3)c2)c([2H])c([2H])c1-c1ccc(-c2ccccc2)cc1. The lowest BCUT2D eigenvalue weighted by Crippen LogP contribution is -2.10. The van der Waals surface area contributed by atoms with Gasteiger partial charge in [0.1, 0.15) is 0 Å². The van der Waals surface area contributed by atoms with E-state index in [-0.39, 0.29) is 35.4 Å². The van der Waals surface area contributed by atoms with Gasteiger partial charge in [-0.15, -0.1) is 0 Å². The lowest BCUT2D eigenvalue weighted by molar-refractivity contribution is 1.19. The van der Waals surface area contributed by atoms with E-state index in [4.69, 9.17) is 0 Å². The Labute approximate surface area is 356 Å². The Kier molecular flexibility index (Phi) is 7.83. The lowest BCUT2D eigenvalue weighted by atomic mass is 9.98. The molecule has 1 heterocycles. The van der Waals surface area contributed by atoms with E-state index in [1.54, 1.807) is 0 Å². The summed E-state index contributed by atoms with van der Waals surface area (Å²) in [6, 6.07) is 73.8. The zero-order chi connectivity index (χ0) is 43.3. The zero-order valence-corrected chi connectivity index (χ0v) is 32.7. The Morgan fingerprint density at radius 2 is 0.883 bits per heavy atom. The van der Waals surface area contributed by atoms with Crippen molar-refractivity contribution < 1.29 is 5.48 Å². The summed E-state index contributed by atoms with van der Waals surface area (Å²) in [7, 11) is 0. The molecule has 2 heteroatoms. The average molecular weight is 769 g/mol. The summed E-state index contributed by atoms with van der Waals surface area (Å²) < 4.78 is 40.5. The molecular weight excluding hydrogens is 725 g/mol. The van der Waals surface area contributed by atoms with Gasteiger partial charge < -0.3 is 9.47 Å². The third kappa shape index (κ3) is 6.41. The second-order valence-electron chi connectivity index (χ2n) is 15.0. The second-order valence-corrected chi connectivity index (χ2v) is 15.0. The van der Waals surface area contributed by atoms with Crippen LogP contribution in [0, 0.1) is 0 Å². The van der Waals surface area contributed by atoms with Crippen LogP contribution in [-0.4, -0.2) is 4.57 Å². The Morgan fingerprint density at radius 3 is 1.60 bits per heavy atom. The number of para-hydroxylation sites is 1. The zero-order valence-electron chi connectivity index (χ0n) is 36.7. The number of nitrogens with zero attached hydrogens (tertiary/aromatic N) is 2. The number of hydrogen-bond acceptors (Lipinski definition) is 1. The fourth-order valence-corrected chi connectivity index (χ4v) is 8.53. The predicted octanol–water partition coefficient (Wildman–Crippen LogP) is 16.1. The van der Waals surface area contributed by atoms with Crippen molar-refractivity contribution in [3.8, 4) is 50.2 Å². The first-order chi connectivity index (χ1) is 31.4. The molecule has 0 aliphatic heterocycles. The van der Waals surface area contributed by atoms with Gasteiger partial charge in [0.2, 0.25) is 0 Å². The van der Waals surface area contributed by atoms with Crippen molar-refractivity contribution in [3.63, 3.8) is 0 Å². The minimum Gasteiger partial charge on any atom is -0.310 e. The molecule has 0 aliphatic rings. The van der Waals surface area contributed by atoms with E-state index >= 15 is 0 Å². The molecule has 10 aromatic carbocycles. The molecule has 0 bridgehead atoms. The molecule has 0 atom stereocenters. The number of aromatic nitrogens is 1. The van der Waals surface area contributed by atoms with E-state index in [0.717, 1.165) is 60.9 Å². The highest BCUT2D eigenvalue weighted by atomic mass is 15.1. The van der Waals surface area contributed by atoms with Crippen molar-refractivity contribution in [1.82, 2.24) is 4.57 Å². The fraction of sp³-hybridized carbons (Fsp3) is 0. The third-order valence-electron chi connectivity index (χ3n) is 11.5. The second kappa shape index (κ2) is 15.1. The quantitative estimate of drug-likeness (QED) is 0.149. The summed E-state index contributed by atoms with van der Waals surface area (Å²) in [4.78, 5) is 1.87. The van der Waals surface area contributed by atoms with Crippen LogP contribution in [-0.2, 0) is 0 Å². The maximum atomic E-state index is 9.62. The predicted molar refractivity (Wildman–Crippen MR) is 255 cm³/mol. The maximum absolute atomic E-state index is 9.62. The van der Waals surface area contributed by atoms with E-state index in [1.807, 2.05) is 114 Å². The number of hydrogen-bond donors (Lipinski definition) is 0. The Balaban J connectivity index is 1.08. The van der Waals surface area contributed by atoms with Gasteiger partial charge in [-0.3, -0.25) is 0 Å². The molecule has 0 aliphatic carbocycles. The molecule has 11 rings (SSSR count). The van der Waals surface area contributed by atoms with E-state index in [9.17, 15) is 5.48 Å². The van der Waals surface area contributed by atoms with Gasteiger partial charge in [-0.25, -0.2) is 0 Å². The highest BCUT2D eigenvalue weighted by molar-refractivity contribution is 6.16. The van der Waals surface area contributed by atoms with Gasteiger partial charge in [0, 0.05) is 33.5 Å². The molecule has 282 valence electrons. The van der Waals surface area contributed by atoms with Crippen LogP contribution in [0.15, 0.2) is 243 Å². The first-order valence-corrected chi connectivity index (χ1v) is 20.3. The highest BCUT2D eigenvalue weighted by Crippen LogP contribution is 2.42. The Bertz CT molecular complexity index is 3500. The molecular formula is C58H40N2. The molecule has 0 amide bonds. The monoisotopic (exact) mass is 768 g/mol. The lowest BCUT2D eigenvalue weighted by Gasteiger charge is -2.26. The molecule has 1 aromatic heterocycles. The van der Waals surface area contributed by atoms with Gasteiger partial charge in [0.25, 0.3) is 0 Å². The van der Waals surface area contributed by atoms with Crippen LogP contribution in [0.25, 0.3) is 82.8 Å². The standard InChI is InChI=1S/C58H40N2/c1-3-13-41(14-4-1)44-25-27-45(28-26-44)47-31-36-51(37-32-47)59(50-34-29-46(30-35-50)42-15-5-2-6-16-42)52-20-11-19-49(40-52)54-22-12-24-57-58(54)55-21-9-10-23-56(55)60(57)53-38-33-43-17-7-8-18-48(43)39-53/h1-40H/i31D,32D,36D,37D. The summed E-state index contributed by atoms with van der Waals surface area (Å²) in [5, 5.41) is 4.62. The number of benzene rings is 10. The van der Waals surface area contributed by atoms with Crippen LogP contribution in [0.5, 0.6) is 0 Å². The first-order valence-electron chi connectivity index (χ1n) is 22.3. The van der Waals surface area contributed by atoms with Crippen LogP contribution < -0.4 is 4.90 Å². The molecule has 0 fully saturated rings. The molecule has 0 N–H and O–H groups in total. The molecule has 2 nitrogen and oxygen atoms in total. The van der Waals surface area contributed by atoms with Crippen molar-refractivity contribution in [2.45, 2.75) is 0 Å². The largest absolute Gasteiger partial charge is 0.310 e. The van der Waals surface area contributed by atoms with Crippen LogP contribution >= 0.6 is 0 Å². The van der Waals surface area contributed by atoms with Gasteiger partial charge in [-0.2, -0.15) is 0 Å². The minimum absolute atomic E-state index is 0.100. The van der Waals surface area contributed by atoms with E-state index in [2.05, 4.69) is 114 Å². The minimum atomic E-state index is -0.124. The number of fused-ring (bicyclic) bond motifs is 4. The van der Waals surface area contributed by atoms with E-state index in [0.29, 0.717) is 16.9 Å². The van der Waals surface area contributed by atoms with Crippen LogP contribution in [0.3, 0.4) is 0 Å². The molecule has 0 radical (unpaired) electrons. The van der Waals surface area contributed by atoms with Crippen molar-refractivity contribution >= 4 is 49.6 Å². The van der Waals surface area contributed by atoms with Crippen LogP contribution in [0.4, 0.5) is 17.1 Å². The topological polar surface area (TPSA) is 8.17 Å². The molecule has 11 aromatic rings. The van der Waals surface area contributed by atoms with Gasteiger partial charge >= 0.3 is 0 Å². The van der Waals surface area contributed by atoms with Gasteiger partial charge in [0.15, 0.2) is 0 Å². The highest BCUT2D eigenvalue weighted by Gasteiger charge is 2.19. The Hall–Kier alpha value is -7.94. The molecule has 0 saturated heterocycles. The number of rotatable bonds is 8. The van der Waals surface area contributed by atoms with E-state index < -0.39 is 0 Å². The normalized spacial score (nSPS) is 12.3. The van der Waals surface area contributed by atoms with Crippen molar-refractivity contribution in [2.24, 2.45) is 0 Å². The summed E-state index contributed by atoms with van der Waals surface area (Å²) in [5.41, 5.74) is 11.9. The summed E-state index contributed by atoms with van der Waals surface area (Å²) in [6.45, 7) is 0. The molecule has 0 spiro atoms. The van der Waals surface area contributed by atoms with Crippen molar-refractivity contribution in [3.05, 3.63) is 243 Å². The first kappa shape index (κ1) is 31.1. The molecule has 0 saturated carbocycles. The average Bonchev–Trinajstić information content (AvgIpc) is 3.70. The summed E-state index contributed by atoms with van der Waals surface area (Å²) in [5.74, 6) is 0. The van der Waals surface area contributed by atoms with Gasteiger partial charge in [-0.05, 0) is 116 Å². The van der Waals surface area contributed by atoms with Crippen LogP contribution in [0.1, 0.15) is 5.48 Å².